The van der Waals surface area contributed by atoms with Crippen LogP contribution >= 0.6 is 11.8 Å². The highest BCUT2D eigenvalue weighted by atomic mass is 32.2. The van der Waals surface area contributed by atoms with Crippen LogP contribution in [0.25, 0.3) is 0 Å². The number of aryl methyl sites for hydroxylation is 1. The first-order valence-corrected chi connectivity index (χ1v) is 17.7. The number of thioether (sulfide) groups is 1. The summed E-state index contributed by atoms with van der Waals surface area (Å²) in [7, 11) is 2.07. The Morgan fingerprint density at radius 1 is 1.00 bits per heavy atom. The number of nitrogens with one attached hydrogen (secondary N) is 1. The summed E-state index contributed by atoms with van der Waals surface area (Å²) in [6, 6.07) is 13.7. The molecule has 1 aliphatic carbocycles. The minimum absolute atomic E-state index is 0.0764. The number of benzene rings is 2. The van der Waals surface area contributed by atoms with Crippen LogP contribution in [-0.4, -0.2) is 112 Å². The molecule has 2 aromatic carbocycles. The lowest BCUT2D eigenvalue weighted by Crippen LogP contribution is -2.61. The fourth-order valence-electron chi connectivity index (χ4n) is 6.74. The van der Waals surface area contributed by atoms with Gasteiger partial charge in [-0.15, -0.1) is 11.8 Å². The summed E-state index contributed by atoms with van der Waals surface area (Å²) in [4.78, 5) is 30.5. The van der Waals surface area contributed by atoms with Crippen LogP contribution in [0.2, 0.25) is 0 Å². The van der Waals surface area contributed by atoms with E-state index in [1.807, 2.05) is 54.3 Å². The van der Waals surface area contributed by atoms with E-state index in [0.717, 1.165) is 53.9 Å². The fourth-order valence-corrected chi connectivity index (χ4v) is 7.41. The maximum Gasteiger partial charge on any atom is 0.248 e. The molecule has 0 bridgehead atoms. The third kappa shape index (κ3) is 8.06. The lowest BCUT2D eigenvalue weighted by molar-refractivity contribution is -0.200. The summed E-state index contributed by atoms with van der Waals surface area (Å²) in [5.41, 5.74) is 2.62. The van der Waals surface area contributed by atoms with Gasteiger partial charge in [-0.2, -0.15) is 0 Å². The SMILES string of the molecule is CS[C@H]1O[C@@H](c2ccc(C)c(Cc3ccc(OCCCC(=O)NC4(C(=O)N5CCN(C)CC5)CCCC4)cc3)c2)[C@H](O)[C@@H](O)[C@@H]1O. The monoisotopic (exact) mass is 655 g/mol. The minimum Gasteiger partial charge on any atom is -0.494 e. The molecule has 2 heterocycles. The van der Waals surface area contributed by atoms with Crippen molar-refractivity contribution in [2.24, 2.45) is 0 Å². The van der Waals surface area contributed by atoms with Gasteiger partial charge in [0.25, 0.3) is 0 Å². The standard InChI is InChI=1S/C35H49N3O7S/c1-23-8-11-25(32-30(41)29(40)31(42)33(45-32)46-3)22-26(23)21-24-9-12-27(13-10-24)44-20-6-7-28(39)36-35(14-4-5-15-35)34(43)38-18-16-37(2)17-19-38/h8-13,22,29-33,40-42H,4-7,14-21H2,1-3H3,(H,36,39)/t29-,30-,31+,32+,33-/m1/s1. The van der Waals surface area contributed by atoms with E-state index >= 15 is 0 Å². The normalized spacial score (nSPS) is 26.6. The predicted molar refractivity (Wildman–Crippen MR) is 178 cm³/mol. The fraction of sp³-hybridized carbons (Fsp3) is 0.600. The summed E-state index contributed by atoms with van der Waals surface area (Å²) in [5, 5.41) is 34.3. The number of nitrogens with zero attached hydrogens (tertiary/aromatic N) is 2. The zero-order chi connectivity index (χ0) is 32.8. The molecule has 46 heavy (non-hydrogen) atoms. The van der Waals surface area contributed by atoms with Gasteiger partial charge in [0.2, 0.25) is 11.8 Å². The molecule has 2 saturated heterocycles. The van der Waals surface area contributed by atoms with Crippen molar-refractivity contribution >= 4 is 23.6 Å². The summed E-state index contributed by atoms with van der Waals surface area (Å²) in [6.45, 7) is 5.57. The number of carbonyl (C=O) groups is 2. The number of piperazine rings is 1. The lowest BCUT2D eigenvalue weighted by atomic mass is 9.91. The highest BCUT2D eigenvalue weighted by Gasteiger charge is 2.45. The van der Waals surface area contributed by atoms with E-state index in [1.54, 1.807) is 6.26 Å². The van der Waals surface area contributed by atoms with Crippen LogP contribution < -0.4 is 10.1 Å². The van der Waals surface area contributed by atoms with Crippen molar-refractivity contribution < 1.29 is 34.4 Å². The van der Waals surface area contributed by atoms with Crippen molar-refractivity contribution in [2.75, 3.05) is 46.1 Å². The molecule has 252 valence electrons. The molecule has 3 fully saturated rings. The molecule has 1 saturated carbocycles. The number of aliphatic hydroxyl groups is 3. The lowest BCUT2D eigenvalue weighted by Gasteiger charge is -2.40. The van der Waals surface area contributed by atoms with E-state index < -0.39 is 35.4 Å². The van der Waals surface area contributed by atoms with E-state index in [9.17, 15) is 24.9 Å². The van der Waals surface area contributed by atoms with E-state index in [-0.39, 0.29) is 11.8 Å². The molecule has 0 spiro atoms. The van der Waals surface area contributed by atoms with E-state index in [0.29, 0.717) is 51.8 Å². The molecule has 2 aliphatic heterocycles. The van der Waals surface area contributed by atoms with Gasteiger partial charge in [-0.25, -0.2) is 0 Å². The zero-order valence-electron chi connectivity index (χ0n) is 27.2. The maximum atomic E-state index is 13.4. The molecule has 5 atom stereocenters. The predicted octanol–water partition coefficient (Wildman–Crippen LogP) is 2.79. The quantitative estimate of drug-likeness (QED) is 0.270. The summed E-state index contributed by atoms with van der Waals surface area (Å²) >= 11 is 1.30. The Labute approximate surface area is 276 Å². The van der Waals surface area contributed by atoms with Crippen LogP contribution in [0.5, 0.6) is 5.75 Å². The number of ether oxygens (including phenoxy) is 2. The molecule has 2 amide bonds. The second-order valence-corrected chi connectivity index (χ2v) is 14.0. The summed E-state index contributed by atoms with van der Waals surface area (Å²) in [6.07, 6.45) is 2.22. The first-order chi connectivity index (χ1) is 22.1. The second kappa shape index (κ2) is 15.5. The Kier molecular flexibility index (Phi) is 11.7. The first kappa shape index (κ1) is 34.7. The van der Waals surface area contributed by atoms with Gasteiger partial charge in [0.05, 0.1) is 6.61 Å². The van der Waals surface area contributed by atoms with Crippen LogP contribution in [-0.2, 0) is 20.7 Å². The summed E-state index contributed by atoms with van der Waals surface area (Å²) in [5.74, 6) is 0.704. The van der Waals surface area contributed by atoms with Crippen molar-refractivity contribution in [3.8, 4) is 5.75 Å². The number of amides is 2. The highest BCUT2D eigenvalue weighted by molar-refractivity contribution is 7.99. The number of hydrogen-bond donors (Lipinski definition) is 4. The van der Waals surface area contributed by atoms with Gasteiger partial charge in [-0.3, -0.25) is 9.59 Å². The van der Waals surface area contributed by atoms with Crippen molar-refractivity contribution in [3.63, 3.8) is 0 Å². The Balaban J connectivity index is 1.10. The highest BCUT2D eigenvalue weighted by Crippen LogP contribution is 2.37. The summed E-state index contributed by atoms with van der Waals surface area (Å²) < 4.78 is 11.9. The maximum absolute atomic E-state index is 13.4. The molecule has 4 N–H and O–H groups in total. The van der Waals surface area contributed by atoms with Gasteiger partial charge in [0.1, 0.15) is 41.1 Å². The van der Waals surface area contributed by atoms with Gasteiger partial charge in [-0.1, -0.05) is 43.2 Å². The Bertz CT molecular complexity index is 1330. The molecule has 10 nitrogen and oxygen atoms in total. The molecule has 0 aromatic heterocycles. The van der Waals surface area contributed by atoms with Gasteiger partial charge in [-0.05, 0) is 80.3 Å². The number of rotatable bonds is 11. The molecule has 0 unspecified atom stereocenters. The molecule has 0 radical (unpaired) electrons. The topological polar surface area (TPSA) is 132 Å². The van der Waals surface area contributed by atoms with Gasteiger partial charge in [0, 0.05) is 32.6 Å². The van der Waals surface area contributed by atoms with Crippen LogP contribution in [0.15, 0.2) is 42.5 Å². The van der Waals surface area contributed by atoms with Crippen molar-refractivity contribution in [2.45, 2.75) is 87.3 Å². The second-order valence-electron chi connectivity index (χ2n) is 13.0. The average Bonchev–Trinajstić information content (AvgIpc) is 3.53. The van der Waals surface area contributed by atoms with E-state index in [4.69, 9.17) is 9.47 Å². The van der Waals surface area contributed by atoms with Crippen LogP contribution in [0.4, 0.5) is 0 Å². The van der Waals surface area contributed by atoms with Crippen LogP contribution in [0.3, 0.4) is 0 Å². The number of aliphatic hydroxyl groups excluding tert-OH is 3. The molecule has 5 rings (SSSR count). The number of likely N-dealkylation sites (N-methyl/N-ethyl adjacent to an activating group) is 1. The molecule has 11 heteroatoms. The van der Waals surface area contributed by atoms with E-state index in [2.05, 4.69) is 17.3 Å². The first-order valence-electron chi connectivity index (χ1n) is 16.4. The van der Waals surface area contributed by atoms with Gasteiger partial charge in [0.15, 0.2) is 0 Å². The third-order valence-corrected chi connectivity index (χ3v) is 10.5. The average molecular weight is 656 g/mol. The third-order valence-electron chi connectivity index (χ3n) is 9.67. The number of carbonyl (C=O) groups excluding carboxylic acids is 2. The molecular formula is C35H49N3O7S. The molecule has 2 aromatic rings. The smallest absolute Gasteiger partial charge is 0.248 e. The van der Waals surface area contributed by atoms with E-state index in [1.165, 1.54) is 11.8 Å². The van der Waals surface area contributed by atoms with Crippen LogP contribution in [0, 0.1) is 6.92 Å². The zero-order valence-corrected chi connectivity index (χ0v) is 28.0. The van der Waals surface area contributed by atoms with Crippen molar-refractivity contribution in [3.05, 3.63) is 64.7 Å². The van der Waals surface area contributed by atoms with Gasteiger partial charge >= 0.3 is 0 Å². The van der Waals surface area contributed by atoms with Gasteiger partial charge < -0.3 is 39.9 Å². The van der Waals surface area contributed by atoms with Crippen molar-refractivity contribution in [1.29, 1.82) is 0 Å². The van der Waals surface area contributed by atoms with Crippen molar-refractivity contribution in [1.82, 2.24) is 15.1 Å². The molecular weight excluding hydrogens is 606 g/mol. The Morgan fingerprint density at radius 2 is 1.70 bits per heavy atom. The van der Waals surface area contributed by atoms with Crippen LogP contribution in [0.1, 0.15) is 66.9 Å². The largest absolute Gasteiger partial charge is 0.494 e. The number of hydrogen-bond acceptors (Lipinski definition) is 9. The minimum atomic E-state index is -1.29. The Hall–Kier alpha value is -2.67. The molecule has 3 aliphatic rings. The Morgan fingerprint density at radius 3 is 2.37 bits per heavy atom.